The van der Waals surface area contributed by atoms with Crippen LogP contribution in [-0.4, -0.2) is 22.0 Å². The topological polar surface area (TPSA) is 45.2 Å². The van der Waals surface area contributed by atoms with Crippen molar-refractivity contribution in [3.05, 3.63) is 56.3 Å². The Balaban J connectivity index is 1.66. The minimum Gasteiger partial charge on any atom is -0.314 e. The van der Waals surface area contributed by atoms with Crippen LogP contribution in [0.4, 0.5) is 19.3 Å². The largest absolute Gasteiger partial charge is 0.322 e. The summed E-state index contributed by atoms with van der Waals surface area (Å²) >= 11 is 17.9. The van der Waals surface area contributed by atoms with E-state index in [1.54, 1.807) is 4.90 Å². The van der Waals surface area contributed by atoms with E-state index in [0.717, 1.165) is 6.07 Å². The molecule has 26 heavy (non-hydrogen) atoms. The fourth-order valence-electron chi connectivity index (χ4n) is 3.78. The Morgan fingerprint density at radius 2 is 1.88 bits per heavy atom. The predicted octanol–water partition coefficient (Wildman–Crippen LogP) is 5.61. The van der Waals surface area contributed by atoms with Crippen molar-refractivity contribution in [2.75, 3.05) is 5.32 Å². The maximum Gasteiger partial charge on any atom is 0.322 e. The van der Waals surface area contributed by atoms with Crippen molar-refractivity contribution in [3.63, 3.8) is 0 Å². The summed E-state index contributed by atoms with van der Waals surface area (Å²) < 4.78 is 28.1. The van der Waals surface area contributed by atoms with Crippen molar-refractivity contribution in [1.82, 2.24) is 9.88 Å². The molecule has 136 valence electrons. The first-order chi connectivity index (χ1) is 12.4. The smallest absolute Gasteiger partial charge is 0.314 e. The number of pyridine rings is 1. The molecule has 2 bridgehead atoms. The first-order valence-corrected chi connectivity index (χ1v) is 9.07. The number of anilines is 1. The molecule has 1 aromatic heterocycles. The molecule has 2 aliphatic rings. The molecule has 1 fully saturated rings. The van der Waals surface area contributed by atoms with Crippen molar-refractivity contribution < 1.29 is 13.6 Å². The lowest BCUT2D eigenvalue weighted by molar-refractivity contribution is 0.178. The molecule has 2 aliphatic heterocycles. The summed E-state index contributed by atoms with van der Waals surface area (Å²) in [6.07, 6.45) is 2.93. The lowest BCUT2D eigenvalue weighted by atomic mass is 9.95. The van der Waals surface area contributed by atoms with Gasteiger partial charge in [0, 0.05) is 23.4 Å². The van der Waals surface area contributed by atoms with Gasteiger partial charge in [-0.1, -0.05) is 34.8 Å². The molecule has 0 radical (unpaired) electrons. The molecule has 4 rings (SSSR count). The Kier molecular flexibility index (Phi) is 4.45. The zero-order valence-corrected chi connectivity index (χ0v) is 15.5. The highest BCUT2D eigenvalue weighted by molar-refractivity contribution is 6.42. The van der Waals surface area contributed by atoms with Crippen molar-refractivity contribution >= 4 is 46.5 Å². The Bertz CT molecular complexity index is 925. The molecule has 0 saturated carbocycles. The Morgan fingerprint density at radius 3 is 2.65 bits per heavy atom. The van der Waals surface area contributed by atoms with E-state index in [0.29, 0.717) is 35.4 Å². The van der Waals surface area contributed by atoms with E-state index in [1.165, 1.54) is 12.3 Å². The summed E-state index contributed by atoms with van der Waals surface area (Å²) in [7, 11) is 0. The van der Waals surface area contributed by atoms with Crippen LogP contribution in [0.2, 0.25) is 15.1 Å². The minimum absolute atomic E-state index is 0.0592. The van der Waals surface area contributed by atoms with Crippen molar-refractivity contribution in [2.24, 2.45) is 0 Å². The van der Waals surface area contributed by atoms with Gasteiger partial charge in [0.2, 0.25) is 5.95 Å². The summed E-state index contributed by atoms with van der Waals surface area (Å²) in [6, 6.07) is 1.23. The first-order valence-electron chi connectivity index (χ1n) is 7.93. The molecule has 2 atom stereocenters. The normalized spacial score (nSPS) is 20.9. The van der Waals surface area contributed by atoms with E-state index in [2.05, 4.69) is 10.3 Å². The number of benzene rings is 1. The number of hydrogen-bond acceptors (Lipinski definition) is 2. The van der Waals surface area contributed by atoms with Gasteiger partial charge in [-0.3, -0.25) is 0 Å². The van der Waals surface area contributed by atoms with Crippen LogP contribution in [-0.2, 0) is 6.42 Å². The molecule has 1 N–H and O–H groups in total. The third kappa shape index (κ3) is 2.80. The van der Waals surface area contributed by atoms with E-state index in [-0.39, 0.29) is 27.8 Å². The molecule has 1 aromatic carbocycles. The molecular formula is C17H12Cl3F2N3O. The number of hydrogen-bond donors (Lipinski definition) is 1. The maximum atomic E-state index is 14.1. The van der Waals surface area contributed by atoms with Crippen LogP contribution in [0.3, 0.4) is 0 Å². The number of urea groups is 1. The molecule has 2 aromatic rings. The Morgan fingerprint density at radius 1 is 1.15 bits per heavy atom. The number of halogens is 5. The van der Waals surface area contributed by atoms with Crippen LogP contribution in [0, 0.1) is 11.8 Å². The van der Waals surface area contributed by atoms with Gasteiger partial charge in [0.05, 0.1) is 26.8 Å². The number of nitrogens with one attached hydrogen (secondary N) is 1. The van der Waals surface area contributed by atoms with Crippen LogP contribution in [0.1, 0.15) is 30.0 Å². The van der Waals surface area contributed by atoms with Crippen molar-refractivity contribution in [1.29, 1.82) is 0 Å². The minimum atomic E-state index is -0.689. The van der Waals surface area contributed by atoms with E-state index in [4.69, 9.17) is 34.8 Å². The maximum absolute atomic E-state index is 14.1. The molecule has 1 unspecified atom stereocenters. The van der Waals surface area contributed by atoms with Crippen molar-refractivity contribution in [3.8, 4) is 0 Å². The molecule has 3 heterocycles. The SMILES string of the molecule is O=C(Nc1cc(Cl)c(Cl)cc1F)N1C2CC[C@H]1Cc1c(F)ncc(Cl)c12. The highest BCUT2D eigenvalue weighted by atomic mass is 35.5. The summed E-state index contributed by atoms with van der Waals surface area (Å²) in [6.45, 7) is 0. The van der Waals surface area contributed by atoms with E-state index >= 15 is 0 Å². The number of rotatable bonds is 1. The number of carbonyl (C=O) groups excluding carboxylic acids is 1. The molecule has 0 aliphatic carbocycles. The zero-order valence-electron chi connectivity index (χ0n) is 13.2. The highest BCUT2D eigenvalue weighted by Crippen LogP contribution is 2.47. The van der Waals surface area contributed by atoms with E-state index < -0.39 is 17.8 Å². The average Bonchev–Trinajstić information content (AvgIpc) is 2.89. The van der Waals surface area contributed by atoms with Gasteiger partial charge in [0.1, 0.15) is 5.82 Å². The van der Waals surface area contributed by atoms with Gasteiger partial charge in [-0.05, 0) is 31.4 Å². The monoisotopic (exact) mass is 417 g/mol. The summed E-state index contributed by atoms with van der Waals surface area (Å²) in [5, 5.41) is 3.04. The second-order valence-corrected chi connectivity index (χ2v) is 7.55. The number of fused-ring (bicyclic) bond motifs is 4. The van der Waals surface area contributed by atoms with Crippen LogP contribution in [0.15, 0.2) is 18.3 Å². The number of nitrogens with zero attached hydrogens (tertiary/aromatic N) is 2. The van der Waals surface area contributed by atoms with Gasteiger partial charge in [0.25, 0.3) is 0 Å². The summed E-state index contributed by atoms with van der Waals surface area (Å²) in [4.78, 5) is 18.1. The second-order valence-electron chi connectivity index (χ2n) is 6.32. The Hall–Kier alpha value is -1.63. The van der Waals surface area contributed by atoms with Crippen LogP contribution in [0.25, 0.3) is 0 Å². The lowest BCUT2D eigenvalue weighted by Crippen LogP contribution is -2.44. The van der Waals surface area contributed by atoms with E-state index in [9.17, 15) is 13.6 Å². The molecule has 1 saturated heterocycles. The molecule has 4 nitrogen and oxygen atoms in total. The van der Waals surface area contributed by atoms with E-state index in [1.807, 2.05) is 0 Å². The third-order valence-electron chi connectivity index (χ3n) is 4.88. The standard InChI is InChI=1S/C17H12Cl3F2N3O/c18-9-4-12(21)13(5-10(9)19)24-17(26)25-7-1-2-14(25)15-8(3-7)16(22)23-6-11(15)20/h4-7,14H,1-3H2,(H,24,26)/t7-,14?/m0/s1. The summed E-state index contributed by atoms with van der Waals surface area (Å²) in [5.41, 5.74) is 0.967. The molecule has 2 amide bonds. The molecular weight excluding hydrogens is 407 g/mol. The highest BCUT2D eigenvalue weighted by Gasteiger charge is 2.45. The quantitative estimate of drug-likeness (QED) is 0.483. The number of carbonyl (C=O) groups is 1. The number of aromatic nitrogens is 1. The van der Waals surface area contributed by atoms with Crippen molar-refractivity contribution in [2.45, 2.75) is 31.3 Å². The van der Waals surface area contributed by atoms with Gasteiger partial charge in [-0.2, -0.15) is 4.39 Å². The second kappa shape index (κ2) is 6.51. The van der Waals surface area contributed by atoms with Gasteiger partial charge >= 0.3 is 6.03 Å². The first kappa shape index (κ1) is 17.8. The fraction of sp³-hybridized carbons (Fsp3) is 0.294. The van der Waals surface area contributed by atoms with Gasteiger partial charge in [0.15, 0.2) is 0 Å². The van der Waals surface area contributed by atoms with Gasteiger partial charge in [-0.15, -0.1) is 0 Å². The van der Waals surface area contributed by atoms with Crippen LogP contribution < -0.4 is 5.32 Å². The lowest BCUT2D eigenvalue weighted by Gasteiger charge is -2.36. The van der Waals surface area contributed by atoms with Crippen LogP contribution in [0.5, 0.6) is 0 Å². The predicted molar refractivity (Wildman–Crippen MR) is 95.9 cm³/mol. The van der Waals surface area contributed by atoms with Crippen LogP contribution >= 0.6 is 34.8 Å². The Labute approximate surface area is 163 Å². The average molecular weight is 419 g/mol. The molecule has 9 heteroatoms. The van der Waals surface area contributed by atoms with Gasteiger partial charge < -0.3 is 10.2 Å². The number of amides is 2. The molecule has 0 spiro atoms. The fourth-order valence-corrected chi connectivity index (χ4v) is 4.38. The zero-order chi connectivity index (χ0) is 18.6. The third-order valence-corrected chi connectivity index (χ3v) is 5.91. The van der Waals surface area contributed by atoms with Gasteiger partial charge in [-0.25, -0.2) is 14.2 Å². The summed E-state index contributed by atoms with van der Waals surface area (Å²) in [5.74, 6) is -1.25.